The Morgan fingerprint density at radius 3 is 2.20 bits per heavy atom. The van der Waals surface area contributed by atoms with Crippen LogP contribution in [-0.4, -0.2) is 36.1 Å². The van der Waals surface area contributed by atoms with Crippen molar-refractivity contribution < 1.29 is 9.53 Å². The van der Waals surface area contributed by atoms with Crippen molar-refractivity contribution in [2.24, 2.45) is 11.8 Å². The van der Waals surface area contributed by atoms with Crippen LogP contribution in [0.3, 0.4) is 0 Å². The SMILES string of the molecule is CC1OC(C)C(C(=O)N2CCCC2)C1C. The zero-order valence-corrected chi connectivity index (χ0v) is 9.90. The molecule has 0 aromatic carbocycles. The molecule has 1 amide bonds. The van der Waals surface area contributed by atoms with Crippen molar-refractivity contribution in [1.29, 1.82) is 0 Å². The number of carbonyl (C=O) groups is 1. The zero-order chi connectivity index (χ0) is 11.0. The third kappa shape index (κ3) is 1.89. The van der Waals surface area contributed by atoms with Gasteiger partial charge >= 0.3 is 0 Å². The number of ether oxygens (including phenoxy) is 1. The van der Waals surface area contributed by atoms with Gasteiger partial charge < -0.3 is 9.64 Å². The highest BCUT2D eigenvalue weighted by molar-refractivity contribution is 5.80. The Hall–Kier alpha value is -0.570. The molecule has 0 bridgehead atoms. The quantitative estimate of drug-likeness (QED) is 0.660. The summed E-state index contributed by atoms with van der Waals surface area (Å²) in [6.45, 7) is 8.12. The maximum absolute atomic E-state index is 12.3. The van der Waals surface area contributed by atoms with Crippen LogP contribution in [0.4, 0.5) is 0 Å². The molecule has 2 rings (SSSR count). The van der Waals surface area contributed by atoms with Gasteiger partial charge in [-0.2, -0.15) is 0 Å². The molecule has 3 heteroatoms. The molecule has 2 aliphatic heterocycles. The number of rotatable bonds is 1. The third-order valence-corrected chi connectivity index (χ3v) is 3.94. The highest BCUT2D eigenvalue weighted by atomic mass is 16.5. The maximum Gasteiger partial charge on any atom is 0.228 e. The van der Waals surface area contributed by atoms with Crippen LogP contribution in [0, 0.1) is 11.8 Å². The molecule has 2 aliphatic rings. The van der Waals surface area contributed by atoms with Gasteiger partial charge in [0, 0.05) is 13.1 Å². The van der Waals surface area contributed by atoms with Crippen molar-refractivity contribution >= 4 is 5.91 Å². The Balaban J connectivity index is 2.05. The van der Waals surface area contributed by atoms with Crippen LogP contribution in [-0.2, 0) is 9.53 Å². The van der Waals surface area contributed by atoms with Crippen molar-refractivity contribution in [3.63, 3.8) is 0 Å². The number of nitrogens with zero attached hydrogens (tertiary/aromatic N) is 1. The van der Waals surface area contributed by atoms with Gasteiger partial charge in [0.05, 0.1) is 18.1 Å². The van der Waals surface area contributed by atoms with Gasteiger partial charge in [-0.1, -0.05) is 6.92 Å². The number of likely N-dealkylation sites (tertiary alicyclic amines) is 1. The van der Waals surface area contributed by atoms with Crippen LogP contribution in [0.5, 0.6) is 0 Å². The summed E-state index contributed by atoms with van der Waals surface area (Å²) in [4.78, 5) is 14.3. The molecule has 0 radical (unpaired) electrons. The second-order valence-corrected chi connectivity index (χ2v) is 4.96. The molecule has 0 saturated carbocycles. The largest absolute Gasteiger partial charge is 0.374 e. The van der Waals surface area contributed by atoms with E-state index in [1.165, 1.54) is 0 Å². The minimum atomic E-state index is 0.0816. The van der Waals surface area contributed by atoms with E-state index in [0.717, 1.165) is 25.9 Å². The topological polar surface area (TPSA) is 29.5 Å². The molecule has 3 nitrogen and oxygen atoms in total. The lowest BCUT2D eigenvalue weighted by atomic mass is 9.88. The summed E-state index contributed by atoms with van der Waals surface area (Å²) >= 11 is 0. The summed E-state index contributed by atoms with van der Waals surface area (Å²) in [6.07, 6.45) is 2.63. The van der Waals surface area contributed by atoms with Crippen LogP contribution in [0.2, 0.25) is 0 Å². The zero-order valence-electron chi connectivity index (χ0n) is 9.90. The monoisotopic (exact) mass is 211 g/mol. The number of hydrogen-bond donors (Lipinski definition) is 0. The fourth-order valence-electron chi connectivity index (χ4n) is 2.84. The van der Waals surface area contributed by atoms with E-state index in [1.807, 2.05) is 11.8 Å². The first kappa shape index (κ1) is 10.9. The van der Waals surface area contributed by atoms with Gasteiger partial charge in [-0.3, -0.25) is 4.79 Å². The van der Waals surface area contributed by atoms with Crippen molar-refractivity contribution in [3.8, 4) is 0 Å². The van der Waals surface area contributed by atoms with E-state index < -0.39 is 0 Å². The molecule has 2 fully saturated rings. The lowest BCUT2D eigenvalue weighted by Crippen LogP contribution is -2.39. The van der Waals surface area contributed by atoms with Gasteiger partial charge in [0.1, 0.15) is 0 Å². The Kier molecular flexibility index (Phi) is 3.01. The smallest absolute Gasteiger partial charge is 0.228 e. The molecule has 4 atom stereocenters. The van der Waals surface area contributed by atoms with E-state index in [9.17, 15) is 4.79 Å². The minimum absolute atomic E-state index is 0.0816. The maximum atomic E-state index is 12.3. The average molecular weight is 211 g/mol. The lowest BCUT2D eigenvalue weighted by Gasteiger charge is -2.24. The fourth-order valence-corrected chi connectivity index (χ4v) is 2.84. The van der Waals surface area contributed by atoms with E-state index >= 15 is 0 Å². The Bertz CT molecular complexity index is 248. The van der Waals surface area contributed by atoms with Crippen molar-refractivity contribution in [2.45, 2.75) is 45.8 Å². The van der Waals surface area contributed by atoms with Crippen molar-refractivity contribution in [1.82, 2.24) is 4.90 Å². The molecule has 0 N–H and O–H groups in total. The molecule has 0 aromatic heterocycles. The first-order valence-electron chi connectivity index (χ1n) is 6.05. The van der Waals surface area contributed by atoms with Crippen LogP contribution in [0.1, 0.15) is 33.6 Å². The van der Waals surface area contributed by atoms with Crippen LogP contribution in [0.25, 0.3) is 0 Å². The fraction of sp³-hybridized carbons (Fsp3) is 0.917. The number of carbonyl (C=O) groups excluding carboxylic acids is 1. The van der Waals surface area contributed by atoms with Gasteiger partial charge in [-0.15, -0.1) is 0 Å². The van der Waals surface area contributed by atoms with Crippen LogP contribution >= 0.6 is 0 Å². The molecular weight excluding hydrogens is 190 g/mol. The molecule has 86 valence electrons. The summed E-state index contributed by atoms with van der Waals surface area (Å²) in [5, 5.41) is 0. The molecule has 0 aromatic rings. The minimum Gasteiger partial charge on any atom is -0.374 e. The van der Waals surface area contributed by atoms with Crippen LogP contribution in [0.15, 0.2) is 0 Å². The van der Waals surface area contributed by atoms with E-state index in [0.29, 0.717) is 11.8 Å². The molecule has 4 unspecified atom stereocenters. The van der Waals surface area contributed by atoms with Crippen molar-refractivity contribution in [3.05, 3.63) is 0 Å². The molecule has 0 aliphatic carbocycles. The van der Waals surface area contributed by atoms with Gasteiger partial charge in [-0.25, -0.2) is 0 Å². The predicted molar refractivity (Wildman–Crippen MR) is 58.5 cm³/mol. The van der Waals surface area contributed by atoms with E-state index in [1.54, 1.807) is 0 Å². The first-order valence-corrected chi connectivity index (χ1v) is 6.05. The predicted octanol–water partition coefficient (Wildman–Crippen LogP) is 1.67. The number of hydrogen-bond acceptors (Lipinski definition) is 2. The Labute approximate surface area is 91.8 Å². The third-order valence-electron chi connectivity index (χ3n) is 3.94. The summed E-state index contributed by atoms with van der Waals surface area (Å²) in [7, 11) is 0. The van der Waals surface area contributed by atoms with Gasteiger partial charge in [0.25, 0.3) is 0 Å². The Morgan fingerprint density at radius 2 is 1.73 bits per heavy atom. The van der Waals surface area contributed by atoms with Crippen LogP contribution < -0.4 is 0 Å². The van der Waals surface area contributed by atoms with Gasteiger partial charge in [-0.05, 0) is 32.6 Å². The van der Waals surface area contributed by atoms with E-state index in [2.05, 4.69) is 13.8 Å². The normalized spacial score (nSPS) is 41.1. The lowest BCUT2D eigenvalue weighted by molar-refractivity contribution is -0.136. The molecule has 0 spiro atoms. The first-order chi connectivity index (χ1) is 7.11. The highest BCUT2D eigenvalue weighted by Gasteiger charge is 2.43. The second-order valence-electron chi connectivity index (χ2n) is 4.96. The van der Waals surface area contributed by atoms with E-state index in [4.69, 9.17) is 4.74 Å². The summed E-state index contributed by atoms with van der Waals surface area (Å²) in [5.41, 5.74) is 0. The summed E-state index contributed by atoms with van der Waals surface area (Å²) in [6, 6.07) is 0. The molecular formula is C12H21NO2. The average Bonchev–Trinajstić information content (AvgIpc) is 2.76. The molecule has 2 heterocycles. The summed E-state index contributed by atoms with van der Waals surface area (Å²) in [5.74, 6) is 0.753. The Morgan fingerprint density at radius 1 is 1.13 bits per heavy atom. The second kappa shape index (κ2) is 4.12. The standard InChI is InChI=1S/C12H21NO2/c1-8-9(2)15-10(3)11(8)12(14)13-6-4-5-7-13/h8-11H,4-7H2,1-3H3. The molecule has 2 saturated heterocycles. The number of amides is 1. The molecule has 15 heavy (non-hydrogen) atoms. The van der Waals surface area contributed by atoms with Gasteiger partial charge in [0.2, 0.25) is 5.91 Å². The summed E-state index contributed by atoms with van der Waals surface area (Å²) < 4.78 is 5.72. The van der Waals surface area contributed by atoms with Gasteiger partial charge in [0.15, 0.2) is 0 Å². The van der Waals surface area contributed by atoms with E-state index in [-0.39, 0.29) is 18.1 Å². The van der Waals surface area contributed by atoms with Crippen molar-refractivity contribution in [2.75, 3.05) is 13.1 Å². The highest BCUT2D eigenvalue weighted by Crippen LogP contribution is 2.34.